The molecule has 0 aliphatic carbocycles. The molecular weight excluding hydrogens is 638 g/mol. The van der Waals surface area contributed by atoms with Crippen molar-refractivity contribution in [2.45, 2.75) is 40.9 Å². The largest absolute Gasteiger partial charge is 0.102 e. The molecule has 0 amide bonds. The summed E-state index contributed by atoms with van der Waals surface area (Å²) in [7, 11) is 6.00. The van der Waals surface area contributed by atoms with E-state index in [1.165, 1.54) is 0 Å². The first-order valence-corrected chi connectivity index (χ1v) is 3.46. The smallest absolute Gasteiger partial charge is 0.0922 e. The summed E-state index contributed by atoms with van der Waals surface area (Å²) in [6.45, 7) is 12.0. The minimum absolute atomic E-state index is 0. The Kier molecular flexibility index (Phi) is 325. The maximum atomic E-state index is 2.00. The molecule has 0 aromatic rings. The Bertz CT molecular complexity index is 27.6. The van der Waals surface area contributed by atoms with Crippen LogP contribution in [0.25, 0.3) is 0 Å². The SMILES string of the molecule is C[B]C.C[B]C.C[B]C.[Y].[Y].[Y].[Y].[Y].[Y]. The minimum atomic E-state index is 0. The van der Waals surface area contributed by atoms with Crippen LogP contribution in [-0.2, 0) is 196 Å². The first-order valence-electron chi connectivity index (χ1n) is 3.46. The van der Waals surface area contributed by atoms with Crippen LogP contribution < -0.4 is 0 Å². The van der Waals surface area contributed by atoms with Crippen LogP contribution in [0.15, 0.2) is 0 Å². The molecule has 0 aliphatic rings. The van der Waals surface area contributed by atoms with Gasteiger partial charge in [0.1, 0.15) is 21.8 Å². The van der Waals surface area contributed by atoms with E-state index in [1.54, 1.807) is 0 Å². The first-order chi connectivity index (χ1) is 4.24. The molecule has 9 heteroatoms. The van der Waals surface area contributed by atoms with Crippen LogP contribution in [0.1, 0.15) is 0 Å². The minimum Gasteiger partial charge on any atom is -0.0922 e. The molecule has 0 fully saturated rings. The molecule has 0 unspecified atom stereocenters. The summed E-state index contributed by atoms with van der Waals surface area (Å²) in [6, 6.07) is 0. The van der Waals surface area contributed by atoms with E-state index >= 15 is 0 Å². The van der Waals surface area contributed by atoms with Gasteiger partial charge in [0.05, 0.1) is 0 Å². The number of hydrogen-bond acceptors (Lipinski definition) is 0. The second-order valence-electron chi connectivity index (χ2n) is 1.73. The van der Waals surface area contributed by atoms with Crippen molar-refractivity contribution in [2.75, 3.05) is 0 Å². The molecule has 0 aromatic carbocycles. The van der Waals surface area contributed by atoms with E-state index < -0.39 is 0 Å². The zero-order valence-corrected chi connectivity index (χ0v) is 28.2. The van der Waals surface area contributed by atoms with E-state index in [-0.39, 0.29) is 196 Å². The molecule has 0 N–H and O–H groups in total. The zero-order chi connectivity index (χ0) is 8.12. The molecule has 0 aliphatic heterocycles. The molecule has 0 bridgehead atoms. The average molecular weight is 656 g/mol. The van der Waals surface area contributed by atoms with E-state index in [0.29, 0.717) is 0 Å². The van der Waals surface area contributed by atoms with Crippen molar-refractivity contribution in [1.82, 2.24) is 0 Å². The second kappa shape index (κ2) is 84.8. The standard InChI is InChI=1S/3C2H6B.6Y/c3*1-3-2;;;;;;/h3*1-2H3;;;;;;. The third-order valence-corrected chi connectivity index (χ3v) is 0. The quantitative estimate of drug-likeness (QED) is 0.352. The van der Waals surface area contributed by atoms with Crippen LogP contribution >= 0.6 is 0 Å². The van der Waals surface area contributed by atoms with Gasteiger partial charge in [0, 0.05) is 196 Å². The monoisotopic (exact) mass is 657 g/mol. The first kappa shape index (κ1) is 57.6. The van der Waals surface area contributed by atoms with Crippen molar-refractivity contribution in [3.63, 3.8) is 0 Å². The fraction of sp³-hybridized carbons (Fsp3) is 1.00. The van der Waals surface area contributed by atoms with Crippen molar-refractivity contribution in [3.05, 3.63) is 0 Å². The summed E-state index contributed by atoms with van der Waals surface area (Å²) < 4.78 is 0. The molecule has 0 heterocycles. The Labute approximate surface area is 252 Å². The van der Waals surface area contributed by atoms with Crippen molar-refractivity contribution in [1.29, 1.82) is 0 Å². The molecule has 9 radical (unpaired) electrons. The van der Waals surface area contributed by atoms with Crippen LogP contribution in [0.3, 0.4) is 0 Å². The van der Waals surface area contributed by atoms with Gasteiger partial charge >= 0.3 is 0 Å². The molecular formula is C6H18B3Y6. The van der Waals surface area contributed by atoms with Gasteiger partial charge in [-0.1, -0.05) is 40.9 Å². The summed E-state index contributed by atoms with van der Waals surface area (Å²) in [5.74, 6) is 0. The van der Waals surface area contributed by atoms with Gasteiger partial charge in [-0.15, -0.1) is 0 Å². The summed E-state index contributed by atoms with van der Waals surface area (Å²) in [6.07, 6.45) is 0. The molecule has 15 heavy (non-hydrogen) atoms. The Morgan fingerprint density at radius 1 is 0.333 bits per heavy atom. The fourth-order valence-electron chi connectivity index (χ4n) is 0. The fourth-order valence-corrected chi connectivity index (χ4v) is 0. The van der Waals surface area contributed by atoms with Crippen molar-refractivity contribution < 1.29 is 196 Å². The van der Waals surface area contributed by atoms with Crippen LogP contribution in [0, 0.1) is 0 Å². The summed E-state index contributed by atoms with van der Waals surface area (Å²) in [5.41, 5.74) is 0. The van der Waals surface area contributed by atoms with Crippen molar-refractivity contribution >= 4 is 21.8 Å². The normalized spacial score (nSPS) is 2.80. The van der Waals surface area contributed by atoms with Gasteiger partial charge in [0.2, 0.25) is 0 Å². The molecule has 69 valence electrons. The third kappa shape index (κ3) is 159. The van der Waals surface area contributed by atoms with E-state index in [2.05, 4.69) is 0 Å². The zero-order valence-electron chi connectivity index (χ0n) is 11.2. The van der Waals surface area contributed by atoms with Gasteiger partial charge in [-0.25, -0.2) is 0 Å². The Morgan fingerprint density at radius 2 is 0.333 bits per heavy atom. The molecule has 0 spiro atoms. The molecule has 0 rings (SSSR count). The number of rotatable bonds is 0. The van der Waals surface area contributed by atoms with Gasteiger partial charge in [-0.05, 0) is 0 Å². The van der Waals surface area contributed by atoms with Crippen LogP contribution in [-0.4, -0.2) is 21.8 Å². The van der Waals surface area contributed by atoms with Gasteiger partial charge in [-0.3, -0.25) is 0 Å². The van der Waals surface area contributed by atoms with Crippen LogP contribution in [0.5, 0.6) is 0 Å². The van der Waals surface area contributed by atoms with Crippen LogP contribution in [0.2, 0.25) is 40.9 Å². The van der Waals surface area contributed by atoms with E-state index in [4.69, 9.17) is 0 Å². The van der Waals surface area contributed by atoms with Gasteiger partial charge < -0.3 is 0 Å². The summed E-state index contributed by atoms with van der Waals surface area (Å²) in [4.78, 5) is 0. The summed E-state index contributed by atoms with van der Waals surface area (Å²) >= 11 is 0. The Hall–Kier alpha value is 6.82. The van der Waals surface area contributed by atoms with Gasteiger partial charge in [0.25, 0.3) is 0 Å². The van der Waals surface area contributed by atoms with E-state index in [9.17, 15) is 0 Å². The van der Waals surface area contributed by atoms with Gasteiger partial charge in [0.15, 0.2) is 0 Å². The van der Waals surface area contributed by atoms with E-state index in [1.807, 2.05) is 62.8 Å². The molecule has 0 nitrogen and oxygen atoms in total. The van der Waals surface area contributed by atoms with Crippen LogP contribution in [0.4, 0.5) is 0 Å². The van der Waals surface area contributed by atoms with Crippen molar-refractivity contribution in [2.24, 2.45) is 0 Å². The maximum Gasteiger partial charge on any atom is 0.102 e. The predicted molar refractivity (Wildman–Crippen MR) is 52.4 cm³/mol. The van der Waals surface area contributed by atoms with Crippen molar-refractivity contribution in [3.8, 4) is 0 Å². The molecule has 0 saturated carbocycles. The topological polar surface area (TPSA) is 0 Å². The number of hydrogen-bond donors (Lipinski definition) is 0. The Morgan fingerprint density at radius 3 is 0.333 bits per heavy atom. The average Bonchev–Trinajstić information content (AvgIpc) is 1.70. The Balaban J connectivity index is -0.00000000429. The molecule has 0 atom stereocenters. The van der Waals surface area contributed by atoms with E-state index in [0.717, 1.165) is 0 Å². The second-order valence-corrected chi connectivity index (χ2v) is 1.73. The third-order valence-electron chi connectivity index (χ3n) is 0. The van der Waals surface area contributed by atoms with Gasteiger partial charge in [-0.2, -0.15) is 0 Å². The molecule has 0 aromatic heterocycles. The summed E-state index contributed by atoms with van der Waals surface area (Å²) in [5, 5.41) is 0. The maximum absolute atomic E-state index is 2.00. The predicted octanol–water partition coefficient (Wildman–Crippen LogP) is 2.35. The molecule has 0 saturated heterocycles.